The quantitative estimate of drug-likeness (QED) is 0.423. The van der Waals surface area contributed by atoms with E-state index in [0.717, 1.165) is 0 Å². The van der Waals surface area contributed by atoms with Crippen LogP contribution in [0.5, 0.6) is 0 Å². The zero-order chi connectivity index (χ0) is 12.0. The Bertz CT molecular complexity index is 330. The standard InChI is InChI=1S/C9H17N5O2/c10-7-3-13-9(11)14-8(7)12-2-1-6(4-15)5-16/h3,6,15-16H,1-2,4-5,10H2,(H3,11,12,13,14). The molecule has 0 atom stereocenters. The predicted octanol–water partition coefficient (Wildman–Crippen LogP) is -0.956. The summed E-state index contributed by atoms with van der Waals surface area (Å²) in [6.45, 7) is 0.464. The Kier molecular flexibility index (Phi) is 4.74. The number of hydrogen-bond acceptors (Lipinski definition) is 7. The molecule has 90 valence electrons. The maximum Gasteiger partial charge on any atom is 0.222 e. The molecule has 0 bridgehead atoms. The number of nitrogens with zero attached hydrogens (tertiary/aromatic N) is 2. The highest BCUT2D eigenvalue weighted by Crippen LogP contribution is 2.14. The molecule has 1 aromatic heterocycles. The van der Waals surface area contributed by atoms with E-state index in [4.69, 9.17) is 21.7 Å². The van der Waals surface area contributed by atoms with Crippen LogP contribution in [-0.2, 0) is 0 Å². The second-order valence-electron chi connectivity index (χ2n) is 3.48. The van der Waals surface area contributed by atoms with E-state index in [-0.39, 0.29) is 25.1 Å². The predicted molar refractivity (Wildman–Crippen MR) is 61.6 cm³/mol. The van der Waals surface area contributed by atoms with Crippen LogP contribution in [0.1, 0.15) is 6.42 Å². The third-order valence-electron chi connectivity index (χ3n) is 2.20. The van der Waals surface area contributed by atoms with Gasteiger partial charge in [0.25, 0.3) is 0 Å². The molecule has 0 unspecified atom stereocenters. The van der Waals surface area contributed by atoms with Gasteiger partial charge in [0.05, 0.1) is 11.9 Å². The molecule has 0 aliphatic heterocycles. The highest BCUT2D eigenvalue weighted by molar-refractivity contribution is 5.61. The van der Waals surface area contributed by atoms with Crippen molar-refractivity contribution in [3.05, 3.63) is 6.20 Å². The van der Waals surface area contributed by atoms with Gasteiger partial charge >= 0.3 is 0 Å². The van der Waals surface area contributed by atoms with Crippen molar-refractivity contribution >= 4 is 17.5 Å². The maximum atomic E-state index is 8.86. The molecule has 0 aliphatic carbocycles. The van der Waals surface area contributed by atoms with E-state index in [1.165, 1.54) is 6.20 Å². The van der Waals surface area contributed by atoms with Crippen molar-refractivity contribution in [3.63, 3.8) is 0 Å². The second kappa shape index (κ2) is 6.09. The van der Waals surface area contributed by atoms with Gasteiger partial charge in [0, 0.05) is 25.7 Å². The summed E-state index contributed by atoms with van der Waals surface area (Å²) in [6, 6.07) is 0. The molecule has 1 aromatic rings. The molecule has 7 nitrogen and oxygen atoms in total. The van der Waals surface area contributed by atoms with Gasteiger partial charge in [-0.15, -0.1) is 0 Å². The van der Waals surface area contributed by atoms with Crippen LogP contribution in [0.15, 0.2) is 6.20 Å². The molecule has 7 heteroatoms. The van der Waals surface area contributed by atoms with Gasteiger partial charge in [0.15, 0.2) is 5.82 Å². The summed E-state index contributed by atoms with van der Waals surface area (Å²) in [4.78, 5) is 7.66. The Morgan fingerprint density at radius 2 is 2.00 bits per heavy atom. The van der Waals surface area contributed by atoms with Crippen LogP contribution in [-0.4, -0.2) is 39.9 Å². The first-order valence-electron chi connectivity index (χ1n) is 5.01. The van der Waals surface area contributed by atoms with Gasteiger partial charge in [-0.2, -0.15) is 4.98 Å². The number of aromatic nitrogens is 2. The average molecular weight is 227 g/mol. The van der Waals surface area contributed by atoms with Crippen LogP contribution in [0.3, 0.4) is 0 Å². The number of aliphatic hydroxyl groups is 2. The highest BCUT2D eigenvalue weighted by atomic mass is 16.3. The molecule has 0 aromatic carbocycles. The van der Waals surface area contributed by atoms with Crippen LogP contribution in [0.2, 0.25) is 0 Å². The molecule has 0 saturated heterocycles. The monoisotopic (exact) mass is 227 g/mol. The van der Waals surface area contributed by atoms with E-state index in [1.54, 1.807) is 0 Å². The van der Waals surface area contributed by atoms with Crippen molar-refractivity contribution in [2.24, 2.45) is 5.92 Å². The third kappa shape index (κ3) is 3.52. The van der Waals surface area contributed by atoms with Crippen LogP contribution < -0.4 is 16.8 Å². The Balaban J connectivity index is 2.45. The fraction of sp³-hybridized carbons (Fsp3) is 0.556. The first-order valence-corrected chi connectivity index (χ1v) is 5.01. The average Bonchev–Trinajstić information content (AvgIpc) is 2.29. The van der Waals surface area contributed by atoms with Gasteiger partial charge in [-0.1, -0.05) is 0 Å². The van der Waals surface area contributed by atoms with E-state index in [0.29, 0.717) is 24.5 Å². The number of anilines is 3. The molecular formula is C9H17N5O2. The number of hydrogen-bond donors (Lipinski definition) is 5. The minimum atomic E-state index is -0.132. The molecule has 7 N–H and O–H groups in total. The Morgan fingerprint density at radius 3 is 2.62 bits per heavy atom. The zero-order valence-electron chi connectivity index (χ0n) is 8.93. The van der Waals surface area contributed by atoms with Crippen molar-refractivity contribution in [3.8, 4) is 0 Å². The van der Waals surface area contributed by atoms with E-state index in [2.05, 4.69) is 15.3 Å². The van der Waals surface area contributed by atoms with Crippen LogP contribution >= 0.6 is 0 Å². The van der Waals surface area contributed by atoms with Crippen molar-refractivity contribution in [2.45, 2.75) is 6.42 Å². The molecule has 0 saturated carbocycles. The Labute approximate surface area is 93.5 Å². The molecule has 0 fully saturated rings. The van der Waals surface area contributed by atoms with Crippen molar-refractivity contribution in [2.75, 3.05) is 36.5 Å². The number of aliphatic hydroxyl groups excluding tert-OH is 2. The minimum absolute atomic E-state index is 0.0421. The van der Waals surface area contributed by atoms with Gasteiger partial charge in [0.1, 0.15) is 0 Å². The summed E-state index contributed by atoms with van der Waals surface area (Å²) in [5.74, 6) is 0.493. The molecule has 1 rings (SSSR count). The minimum Gasteiger partial charge on any atom is -0.396 e. The lowest BCUT2D eigenvalue weighted by Gasteiger charge is -2.12. The Hall–Kier alpha value is -1.60. The summed E-state index contributed by atoms with van der Waals surface area (Å²) in [5, 5.41) is 20.7. The molecule has 0 radical (unpaired) electrons. The summed E-state index contributed by atoms with van der Waals surface area (Å²) >= 11 is 0. The summed E-state index contributed by atoms with van der Waals surface area (Å²) < 4.78 is 0. The van der Waals surface area contributed by atoms with Crippen molar-refractivity contribution in [1.29, 1.82) is 0 Å². The van der Waals surface area contributed by atoms with Gasteiger partial charge in [-0.05, 0) is 6.42 Å². The molecule has 0 spiro atoms. The summed E-state index contributed by atoms with van der Waals surface area (Å²) in [5.41, 5.74) is 11.5. The molecule has 0 aliphatic rings. The lowest BCUT2D eigenvalue weighted by molar-refractivity contribution is 0.146. The van der Waals surface area contributed by atoms with Crippen LogP contribution in [0, 0.1) is 5.92 Å². The third-order valence-corrected chi connectivity index (χ3v) is 2.20. The van der Waals surface area contributed by atoms with Gasteiger partial charge in [-0.3, -0.25) is 0 Å². The van der Waals surface area contributed by atoms with E-state index < -0.39 is 0 Å². The molecular weight excluding hydrogens is 210 g/mol. The summed E-state index contributed by atoms with van der Waals surface area (Å²) in [7, 11) is 0. The van der Waals surface area contributed by atoms with Crippen molar-refractivity contribution in [1.82, 2.24) is 9.97 Å². The topological polar surface area (TPSA) is 130 Å². The first-order chi connectivity index (χ1) is 7.67. The Morgan fingerprint density at radius 1 is 1.31 bits per heavy atom. The van der Waals surface area contributed by atoms with E-state index in [1.807, 2.05) is 0 Å². The fourth-order valence-corrected chi connectivity index (χ4v) is 1.18. The van der Waals surface area contributed by atoms with Gasteiger partial charge in [0.2, 0.25) is 5.95 Å². The number of rotatable bonds is 6. The zero-order valence-corrected chi connectivity index (χ0v) is 8.93. The first kappa shape index (κ1) is 12.5. The lowest BCUT2D eigenvalue weighted by Crippen LogP contribution is -2.17. The molecule has 16 heavy (non-hydrogen) atoms. The van der Waals surface area contributed by atoms with Crippen LogP contribution in [0.4, 0.5) is 17.5 Å². The smallest absolute Gasteiger partial charge is 0.222 e. The highest BCUT2D eigenvalue weighted by Gasteiger charge is 2.06. The second-order valence-corrected chi connectivity index (χ2v) is 3.48. The van der Waals surface area contributed by atoms with E-state index in [9.17, 15) is 0 Å². The molecule has 1 heterocycles. The van der Waals surface area contributed by atoms with Gasteiger partial charge in [-0.25, -0.2) is 4.98 Å². The number of nitrogens with one attached hydrogen (secondary N) is 1. The number of nitrogen functional groups attached to an aromatic ring is 2. The fourth-order valence-electron chi connectivity index (χ4n) is 1.18. The van der Waals surface area contributed by atoms with Crippen LogP contribution in [0.25, 0.3) is 0 Å². The van der Waals surface area contributed by atoms with Crippen molar-refractivity contribution < 1.29 is 10.2 Å². The SMILES string of the molecule is Nc1ncc(N)c(NCCC(CO)CO)n1. The maximum absolute atomic E-state index is 8.86. The summed E-state index contributed by atoms with van der Waals surface area (Å²) in [6.07, 6.45) is 2.05. The van der Waals surface area contributed by atoms with Gasteiger partial charge < -0.3 is 27.0 Å². The largest absolute Gasteiger partial charge is 0.396 e. The normalized spacial score (nSPS) is 10.7. The molecule has 0 amide bonds. The lowest BCUT2D eigenvalue weighted by atomic mass is 10.1. The number of nitrogens with two attached hydrogens (primary N) is 2. The van der Waals surface area contributed by atoms with E-state index >= 15 is 0 Å².